The van der Waals surface area contributed by atoms with Gasteiger partial charge in [-0.1, -0.05) is 19.0 Å². The van der Waals surface area contributed by atoms with Crippen molar-refractivity contribution < 1.29 is 14.1 Å². The van der Waals surface area contributed by atoms with Gasteiger partial charge in [0.1, 0.15) is 11.8 Å². The van der Waals surface area contributed by atoms with E-state index in [4.69, 9.17) is 4.52 Å². The highest BCUT2D eigenvalue weighted by atomic mass is 16.5. The van der Waals surface area contributed by atoms with E-state index in [0.29, 0.717) is 11.6 Å². The van der Waals surface area contributed by atoms with E-state index in [1.807, 2.05) is 13.8 Å². The molecule has 0 aromatic carbocycles. The number of aryl methyl sites for hydroxylation is 1. The first-order chi connectivity index (χ1) is 7.90. The number of anilines is 1. The third-order valence-corrected chi connectivity index (χ3v) is 2.19. The largest absolute Gasteiger partial charge is 0.360 e. The van der Waals surface area contributed by atoms with Crippen LogP contribution in [0.4, 0.5) is 5.82 Å². The highest BCUT2D eigenvalue weighted by molar-refractivity contribution is 5.96. The first-order valence-corrected chi connectivity index (χ1v) is 5.41. The van der Waals surface area contributed by atoms with E-state index >= 15 is 0 Å². The number of hydrogen-bond acceptors (Lipinski definition) is 4. The molecule has 2 amide bonds. The highest BCUT2D eigenvalue weighted by Crippen LogP contribution is 2.09. The molecule has 94 valence electrons. The van der Waals surface area contributed by atoms with E-state index in [-0.39, 0.29) is 17.7 Å². The molecule has 0 aliphatic rings. The van der Waals surface area contributed by atoms with E-state index in [2.05, 4.69) is 15.8 Å². The molecule has 0 saturated heterocycles. The van der Waals surface area contributed by atoms with E-state index in [0.717, 1.165) is 0 Å². The summed E-state index contributed by atoms with van der Waals surface area (Å²) in [7, 11) is 0. The van der Waals surface area contributed by atoms with E-state index < -0.39 is 6.04 Å². The molecule has 1 aromatic rings. The maximum atomic E-state index is 11.9. The Labute approximate surface area is 99.7 Å². The van der Waals surface area contributed by atoms with Crippen LogP contribution in [0.3, 0.4) is 0 Å². The fraction of sp³-hybridized carbons (Fsp3) is 0.545. The summed E-state index contributed by atoms with van der Waals surface area (Å²) in [5, 5.41) is 8.84. The Morgan fingerprint density at radius 1 is 1.41 bits per heavy atom. The molecule has 1 rings (SSSR count). The predicted molar refractivity (Wildman–Crippen MR) is 62.3 cm³/mol. The molecule has 1 atom stereocenters. The zero-order valence-electron chi connectivity index (χ0n) is 10.4. The monoisotopic (exact) mass is 239 g/mol. The molecule has 0 aliphatic heterocycles. The van der Waals surface area contributed by atoms with Crippen molar-refractivity contribution in [3.8, 4) is 0 Å². The molecule has 6 nitrogen and oxygen atoms in total. The van der Waals surface area contributed by atoms with Gasteiger partial charge in [-0.2, -0.15) is 0 Å². The van der Waals surface area contributed by atoms with Gasteiger partial charge in [-0.25, -0.2) is 0 Å². The van der Waals surface area contributed by atoms with Crippen molar-refractivity contribution in [3.63, 3.8) is 0 Å². The molecule has 0 radical (unpaired) electrons. The second kappa shape index (κ2) is 5.47. The maximum absolute atomic E-state index is 11.9. The summed E-state index contributed by atoms with van der Waals surface area (Å²) in [5.41, 5.74) is 0. The van der Waals surface area contributed by atoms with Crippen LogP contribution in [0.25, 0.3) is 0 Å². The average Bonchev–Trinajstić information content (AvgIpc) is 2.59. The van der Waals surface area contributed by atoms with Gasteiger partial charge in [0.2, 0.25) is 11.8 Å². The number of nitrogens with one attached hydrogen (secondary N) is 2. The Balaban J connectivity index is 2.68. The van der Waals surface area contributed by atoms with Crippen LogP contribution in [0.15, 0.2) is 10.6 Å². The first-order valence-electron chi connectivity index (χ1n) is 5.41. The lowest BCUT2D eigenvalue weighted by molar-refractivity contribution is -0.126. The van der Waals surface area contributed by atoms with Gasteiger partial charge in [-0.15, -0.1) is 0 Å². The van der Waals surface area contributed by atoms with E-state index in [1.165, 1.54) is 6.92 Å². The molecule has 2 N–H and O–H groups in total. The molecule has 0 fully saturated rings. The van der Waals surface area contributed by atoms with Crippen LogP contribution in [0.2, 0.25) is 0 Å². The van der Waals surface area contributed by atoms with Crippen molar-refractivity contribution in [1.82, 2.24) is 10.5 Å². The molecule has 17 heavy (non-hydrogen) atoms. The summed E-state index contributed by atoms with van der Waals surface area (Å²) in [4.78, 5) is 22.9. The normalized spacial score (nSPS) is 12.3. The lowest BCUT2D eigenvalue weighted by atomic mass is 10.0. The summed E-state index contributed by atoms with van der Waals surface area (Å²) in [5.74, 6) is 0.412. The average molecular weight is 239 g/mol. The Bertz CT molecular complexity index is 412. The molecule has 0 spiro atoms. The zero-order chi connectivity index (χ0) is 13.0. The number of carbonyl (C=O) groups excluding carboxylic acids is 2. The quantitative estimate of drug-likeness (QED) is 0.823. The van der Waals surface area contributed by atoms with Crippen molar-refractivity contribution >= 4 is 17.6 Å². The fourth-order valence-electron chi connectivity index (χ4n) is 1.38. The van der Waals surface area contributed by atoms with Gasteiger partial charge in [0.25, 0.3) is 0 Å². The Morgan fingerprint density at radius 2 is 2.06 bits per heavy atom. The van der Waals surface area contributed by atoms with Gasteiger partial charge >= 0.3 is 0 Å². The first kappa shape index (κ1) is 13.2. The van der Waals surface area contributed by atoms with Gasteiger partial charge < -0.3 is 15.2 Å². The second-order valence-electron chi connectivity index (χ2n) is 4.23. The number of hydrogen-bond donors (Lipinski definition) is 2. The number of carbonyl (C=O) groups is 2. The molecule has 0 saturated carbocycles. The van der Waals surface area contributed by atoms with Gasteiger partial charge in [0, 0.05) is 13.0 Å². The predicted octanol–water partition coefficient (Wildman–Crippen LogP) is 1.08. The maximum Gasteiger partial charge on any atom is 0.248 e. The minimum absolute atomic E-state index is 0.00750. The SMILES string of the molecule is CC(=O)N[C@@H](C(=O)Nc1cc(C)on1)C(C)C. The van der Waals surface area contributed by atoms with Crippen LogP contribution >= 0.6 is 0 Å². The molecule has 0 aliphatic carbocycles. The van der Waals surface area contributed by atoms with Gasteiger partial charge in [0.15, 0.2) is 5.82 Å². The summed E-state index contributed by atoms with van der Waals surface area (Å²) in [6.45, 7) is 6.82. The Hall–Kier alpha value is -1.85. The number of amides is 2. The van der Waals surface area contributed by atoms with Gasteiger partial charge in [-0.3, -0.25) is 9.59 Å². The molecular formula is C11H17N3O3. The Kier molecular flexibility index (Phi) is 4.25. The van der Waals surface area contributed by atoms with Crippen molar-refractivity contribution in [3.05, 3.63) is 11.8 Å². The summed E-state index contributed by atoms with van der Waals surface area (Å²) in [6, 6.07) is 1.03. The van der Waals surface area contributed by atoms with Crippen molar-refractivity contribution in [2.24, 2.45) is 5.92 Å². The van der Waals surface area contributed by atoms with Crippen molar-refractivity contribution in [1.29, 1.82) is 0 Å². The standard InChI is InChI=1S/C11H17N3O3/c1-6(2)10(12-8(4)15)11(16)13-9-5-7(3)17-14-9/h5-6,10H,1-4H3,(H,12,15)(H,13,14,16)/t10-/m1/s1. The number of aromatic nitrogens is 1. The molecule has 1 aromatic heterocycles. The molecule has 0 bridgehead atoms. The number of rotatable bonds is 4. The fourth-order valence-corrected chi connectivity index (χ4v) is 1.38. The third-order valence-electron chi connectivity index (χ3n) is 2.19. The smallest absolute Gasteiger partial charge is 0.248 e. The summed E-state index contributed by atoms with van der Waals surface area (Å²) < 4.78 is 4.83. The number of nitrogens with zero attached hydrogens (tertiary/aromatic N) is 1. The minimum atomic E-state index is -0.579. The van der Waals surface area contributed by atoms with E-state index in [9.17, 15) is 9.59 Å². The molecule has 0 unspecified atom stereocenters. The van der Waals surface area contributed by atoms with Crippen LogP contribution in [0.5, 0.6) is 0 Å². The van der Waals surface area contributed by atoms with Gasteiger partial charge in [0.05, 0.1) is 0 Å². The molecule has 6 heteroatoms. The minimum Gasteiger partial charge on any atom is -0.360 e. The van der Waals surface area contributed by atoms with Crippen LogP contribution in [0.1, 0.15) is 26.5 Å². The van der Waals surface area contributed by atoms with E-state index in [1.54, 1.807) is 13.0 Å². The van der Waals surface area contributed by atoms with Crippen LogP contribution in [-0.4, -0.2) is 23.0 Å². The highest BCUT2D eigenvalue weighted by Gasteiger charge is 2.23. The van der Waals surface area contributed by atoms with Crippen molar-refractivity contribution in [2.45, 2.75) is 33.7 Å². The Morgan fingerprint density at radius 3 is 2.47 bits per heavy atom. The van der Waals surface area contributed by atoms with Crippen LogP contribution in [-0.2, 0) is 9.59 Å². The zero-order valence-corrected chi connectivity index (χ0v) is 10.4. The lowest BCUT2D eigenvalue weighted by Crippen LogP contribution is -2.46. The molecule has 1 heterocycles. The summed E-state index contributed by atoms with van der Waals surface area (Å²) in [6.07, 6.45) is 0. The third kappa shape index (κ3) is 3.90. The lowest BCUT2D eigenvalue weighted by Gasteiger charge is -2.19. The van der Waals surface area contributed by atoms with Crippen LogP contribution < -0.4 is 10.6 Å². The summed E-state index contributed by atoms with van der Waals surface area (Å²) >= 11 is 0. The van der Waals surface area contributed by atoms with Crippen LogP contribution in [0, 0.1) is 12.8 Å². The van der Waals surface area contributed by atoms with Crippen molar-refractivity contribution in [2.75, 3.05) is 5.32 Å². The van der Waals surface area contributed by atoms with Gasteiger partial charge in [-0.05, 0) is 12.8 Å². The molecular weight excluding hydrogens is 222 g/mol. The second-order valence-corrected chi connectivity index (χ2v) is 4.23. The topological polar surface area (TPSA) is 84.2 Å².